The second kappa shape index (κ2) is 12.0. The number of hydrogen-bond acceptors (Lipinski definition) is 7. The molecule has 3 aromatic rings. The van der Waals surface area contributed by atoms with Crippen molar-refractivity contribution in [2.45, 2.75) is 45.6 Å². The van der Waals surface area contributed by atoms with Crippen LogP contribution in [0.2, 0.25) is 0 Å². The van der Waals surface area contributed by atoms with Crippen molar-refractivity contribution in [3.63, 3.8) is 0 Å². The predicted molar refractivity (Wildman–Crippen MR) is 143 cm³/mol. The number of aromatic nitrogens is 1. The summed E-state index contributed by atoms with van der Waals surface area (Å²) < 4.78 is 22.3. The van der Waals surface area contributed by atoms with Crippen LogP contribution in [0.4, 0.5) is 4.79 Å². The number of rotatable bonds is 8. The molecule has 2 amide bonds. The van der Waals surface area contributed by atoms with E-state index in [0.29, 0.717) is 36.8 Å². The predicted octanol–water partition coefficient (Wildman–Crippen LogP) is 5.55. The highest BCUT2D eigenvalue weighted by Gasteiger charge is 2.26. The lowest BCUT2D eigenvalue weighted by molar-refractivity contribution is 0.0520. The molecule has 0 aliphatic carbocycles. The van der Waals surface area contributed by atoms with Crippen LogP contribution >= 0.6 is 0 Å². The van der Waals surface area contributed by atoms with Gasteiger partial charge in [-0.05, 0) is 88.6 Å². The van der Waals surface area contributed by atoms with Crippen LogP contribution in [0.15, 0.2) is 52.9 Å². The molecule has 0 radical (unpaired) electrons. The van der Waals surface area contributed by atoms with E-state index >= 15 is 0 Å². The Labute approximate surface area is 223 Å². The highest BCUT2D eigenvalue weighted by atomic mass is 16.6. The van der Waals surface area contributed by atoms with Gasteiger partial charge in [-0.25, -0.2) is 9.78 Å². The van der Waals surface area contributed by atoms with Gasteiger partial charge in [-0.1, -0.05) is 0 Å². The molecule has 0 spiro atoms. The molecule has 1 aliphatic heterocycles. The summed E-state index contributed by atoms with van der Waals surface area (Å²) in [6.07, 6.45) is 2.62. The third kappa shape index (κ3) is 7.06. The molecule has 0 bridgehead atoms. The molecule has 0 unspecified atom stereocenters. The Kier molecular flexibility index (Phi) is 8.55. The van der Waals surface area contributed by atoms with Crippen LogP contribution < -0.4 is 14.8 Å². The molecule has 202 valence electrons. The van der Waals surface area contributed by atoms with Gasteiger partial charge in [-0.2, -0.15) is 0 Å². The molecule has 2 heterocycles. The smallest absolute Gasteiger partial charge is 0.407 e. The van der Waals surface area contributed by atoms with Gasteiger partial charge in [0.05, 0.1) is 13.7 Å². The van der Waals surface area contributed by atoms with Crippen molar-refractivity contribution in [1.29, 1.82) is 0 Å². The number of likely N-dealkylation sites (tertiary alicyclic amines) is 1. The number of alkyl carbamates (subject to hydrolysis) is 1. The van der Waals surface area contributed by atoms with Crippen molar-refractivity contribution in [1.82, 2.24) is 15.2 Å². The number of amides is 2. The summed E-state index contributed by atoms with van der Waals surface area (Å²) in [6.45, 7) is 7.45. The maximum atomic E-state index is 13.1. The maximum absolute atomic E-state index is 13.1. The minimum absolute atomic E-state index is 0.0845. The maximum Gasteiger partial charge on any atom is 0.407 e. The Morgan fingerprint density at radius 3 is 2.21 bits per heavy atom. The first-order valence-corrected chi connectivity index (χ1v) is 12.9. The van der Waals surface area contributed by atoms with Gasteiger partial charge in [0.15, 0.2) is 5.76 Å². The van der Waals surface area contributed by atoms with Crippen molar-refractivity contribution in [3.8, 4) is 34.1 Å². The number of hydrogen-bond donors (Lipinski definition) is 1. The van der Waals surface area contributed by atoms with E-state index in [9.17, 15) is 9.59 Å². The Morgan fingerprint density at radius 1 is 0.947 bits per heavy atom. The number of methoxy groups -OCH3 is 1. The zero-order valence-electron chi connectivity index (χ0n) is 22.4. The lowest BCUT2D eigenvalue weighted by Crippen LogP contribution is -2.35. The van der Waals surface area contributed by atoms with Crippen LogP contribution in [0, 0.1) is 0 Å². The van der Waals surface area contributed by atoms with Gasteiger partial charge in [0.2, 0.25) is 0 Å². The number of oxazole rings is 1. The van der Waals surface area contributed by atoms with E-state index in [1.54, 1.807) is 12.0 Å². The van der Waals surface area contributed by atoms with E-state index in [0.717, 1.165) is 36.1 Å². The highest BCUT2D eigenvalue weighted by molar-refractivity contribution is 5.92. The fourth-order valence-electron chi connectivity index (χ4n) is 4.12. The number of nitrogens with one attached hydrogen (secondary N) is 1. The third-order valence-electron chi connectivity index (χ3n) is 5.97. The molecule has 0 atom stereocenters. The van der Waals surface area contributed by atoms with Crippen LogP contribution in [-0.2, 0) is 4.74 Å². The van der Waals surface area contributed by atoms with E-state index in [1.807, 2.05) is 69.3 Å². The Balaban J connectivity index is 1.49. The van der Waals surface area contributed by atoms with Gasteiger partial charge in [0, 0.05) is 24.2 Å². The molecule has 2 aromatic carbocycles. The molecular formula is C29H35N3O6. The lowest BCUT2D eigenvalue weighted by atomic mass is 10.1. The monoisotopic (exact) mass is 521 g/mol. The van der Waals surface area contributed by atoms with E-state index in [-0.39, 0.29) is 18.4 Å². The average Bonchev–Trinajstić information content (AvgIpc) is 3.36. The summed E-state index contributed by atoms with van der Waals surface area (Å²) in [7, 11) is 1.61. The molecule has 4 rings (SSSR count). The summed E-state index contributed by atoms with van der Waals surface area (Å²) in [5.41, 5.74) is 1.61. The Morgan fingerprint density at radius 2 is 1.58 bits per heavy atom. The number of carbonyl (C=O) groups excluding carboxylic acids is 2. The minimum atomic E-state index is -0.551. The molecule has 0 saturated carbocycles. The summed E-state index contributed by atoms with van der Waals surface area (Å²) >= 11 is 0. The van der Waals surface area contributed by atoms with Crippen LogP contribution in [0.1, 0.15) is 50.7 Å². The van der Waals surface area contributed by atoms with Crippen molar-refractivity contribution >= 4 is 12.0 Å². The molecule has 1 saturated heterocycles. The minimum Gasteiger partial charge on any atom is -0.497 e. The van der Waals surface area contributed by atoms with E-state index in [4.69, 9.17) is 18.6 Å². The highest BCUT2D eigenvalue weighted by Crippen LogP contribution is 2.35. The first-order chi connectivity index (χ1) is 18.2. The van der Waals surface area contributed by atoms with Gasteiger partial charge in [0.1, 0.15) is 29.4 Å². The largest absolute Gasteiger partial charge is 0.497 e. The zero-order chi connectivity index (χ0) is 27.1. The summed E-state index contributed by atoms with van der Waals surface area (Å²) in [4.78, 5) is 31.3. The topological polar surface area (TPSA) is 103 Å². The van der Waals surface area contributed by atoms with Crippen LogP contribution in [0.3, 0.4) is 0 Å². The fourth-order valence-corrected chi connectivity index (χ4v) is 4.12. The average molecular weight is 522 g/mol. The molecule has 38 heavy (non-hydrogen) atoms. The standard InChI is InChI=1S/C29H35N3O6/c1-29(2,3)38-28(34)30-16-19-36-23-14-10-21(11-15-23)25-24(20-8-12-22(35-4)13-9-20)31-26(37-25)27(33)32-17-6-5-7-18-32/h8-15H,5-7,16-19H2,1-4H3,(H,30,34). The summed E-state index contributed by atoms with van der Waals surface area (Å²) in [6, 6.07) is 14.8. The van der Waals surface area contributed by atoms with Crippen molar-refractivity contribution in [2.24, 2.45) is 0 Å². The van der Waals surface area contributed by atoms with E-state index in [2.05, 4.69) is 10.3 Å². The van der Waals surface area contributed by atoms with Gasteiger partial charge >= 0.3 is 12.0 Å². The molecule has 9 nitrogen and oxygen atoms in total. The van der Waals surface area contributed by atoms with Crippen LogP contribution in [0.25, 0.3) is 22.6 Å². The second-order valence-corrected chi connectivity index (χ2v) is 10.1. The van der Waals surface area contributed by atoms with E-state index in [1.165, 1.54) is 0 Å². The number of nitrogens with zero attached hydrogens (tertiary/aromatic N) is 2. The van der Waals surface area contributed by atoms with Crippen molar-refractivity contribution < 1.29 is 28.2 Å². The normalized spacial score (nSPS) is 13.6. The van der Waals surface area contributed by atoms with Gasteiger partial charge in [-0.3, -0.25) is 4.79 Å². The summed E-state index contributed by atoms with van der Waals surface area (Å²) in [5.74, 6) is 1.76. The molecule has 1 fully saturated rings. The molecule has 1 aromatic heterocycles. The fraction of sp³-hybridized carbons (Fsp3) is 0.414. The number of ether oxygens (including phenoxy) is 3. The van der Waals surface area contributed by atoms with E-state index < -0.39 is 11.7 Å². The third-order valence-corrected chi connectivity index (χ3v) is 5.97. The summed E-state index contributed by atoms with van der Waals surface area (Å²) in [5, 5.41) is 2.67. The Hall–Kier alpha value is -4.01. The number of carbonyl (C=O) groups is 2. The van der Waals surface area contributed by atoms with Gasteiger partial charge in [0.25, 0.3) is 5.89 Å². The number of benzene rings is 2. The first-order valence-electron chi connectivity index (χ1n) is 12.9. The molecule has 1 aliphatic rings. The molecule has 9 heteroatoms. The molecule has 1 N–H and O–H groups in total. The molecular weight excluding hydrogens is 486 g/mol. The SMILES string of the molecule is COc1ccc(-c2nc(C(=O)N3CCCCC3)oc2-c2ccc(OCCNC(=O)OC(C)(C)C)cc2)cc1. The Bertz CT molecular complexity index is 1220. The quantitative estimate of drug-likeness (QED) is 0.388. The zero-order valence-corrected chi connectivity index (χ0v) is 22.4. The lowest BCUT2D eigenvalue weighted by Gasteiger charge is -2.25. The van der Waals surface area contributed by atoms with Crippen molar-refractivity contribution in [3.05, 3.63) is 54.4 Å². The van der Waals surface area contributed by atoms with Gasteiger partial charge < -0.3 is 28.8 Å². The second-order valence-electron chi connectivity index (χ2n) is 10.1. The van der Waals surface area contributed by atoms with Crippen LogP contribution in [0.5, 0.6) is 11.5 Å². The first kappa shape index (κ1) is 27.0. The van der Waals surface area contributed by atoms with Gasteiger partial charge in [-0.15, -0.1) is 0 Å². The van der Waals surface area contributed by atoms with Crippen molar-refractivity contribution in [2.75, 3.05) is 33.4 Å². The number of piperidine rings is 1. The van der Waals surface area contributed by atoms with Crippen LogP contribution in [-0.4, -0.2) is 60.8 Å².